The molecule has 21 heavy (non-hydrogen) atoms. The first-order valence-electron chi connectivity index (χ1n) is 6.95. The Morgan fingerprint density at radius 3 is 2.38 bits per heavy atom. The van der Waals surface area contributed by atoms with Gasteiger partial charge in [-0.3, -0.25) is 4.68 Å². The molecular formula is C16H22N2O3. The van der Waals surface area contributed by atoms with Gasteiger partial charge in [0.2, 0.25) is 0 Å². The fourth-order valence-corrected chi connectivity index (χ4v) is 2.31. The normalized spacial score (nSPS) is 12.7. The molecule has 0 saturated heterocycles. The van der Waals surface area contributed by atoms with Crippen molar-refractivity contribution in [2.24, 2.45) is 0 Å². The maximum Gasteiger partial charge on any atom is 0.163 e. The molecule has 114 valence electrons. The number of methoxy groups -OCH3 is 2. The Hall–Kier alpha value is -1.85. The number of nitrogens with zero attached hydrogens (tertiary/aromatic N) is 2. The van der Waals surface area contributed by atoms with Crippen LogP contribution in [0.15, 0.2) is 30.5 Å². The second-order valence-electron chi connectivity index (χ2n) is 5.21. The van der Waals surface area contributed by atoms with Gasteiger partial charge in [0, 0.05) is 13.2 Å². The van der Waals surface area contributed by atoms with Crippen LogP contribution in [0, 0.1) is 0 Å². The molecule has 1 atom stereocenters. The van der Waals surface area contributed by atoms with Crippen molar-refractivity contribution < 1.29 is 14.6 Å². The molecule has 2 rings (SSSR count). The second-order valence-corrected chi connectivity index (χ2v) is 5.21. The molecule has 0 amide bonds. The molecule has 2 aromatic rings. The third-order valence-electron chi connectivity index (χ3n) is 3.37. The third kappa shape index (κ3) is 3.25. The molecule has 5 heteroatoms. The minimum Gasteiger partial charge on any atom is -0.493 e. The molecule has 0 spiro atoms. The highest BCUT2D eigenvalue weighted by Crippen LogP contribution is 2.31. The molecular weight excluding hydrogens is 268 g/mol. The lowest BCUT2D eigenvalue weighted by atomic mass is 10.0. The van der Waals surface area contributed by atoms with E-state index in [2.05, 4.69) is 5.10 Å². The molecule has 5 nitrogen and oxygen atoms in total. The van der Waals surface area contributed by atoms with Gasteiger partial charge in [0.25, 0.3) is 0 Å². The molecule has 0 aliphatic carbocycles. The molecule has 0 aliphatic rings. The molecule has 1 heterocycles. The van der Waals surface area contributed by atoms with Gasteiger partial charge in [-0.2, -0.15) is 5.10 Å². The summed E-state index contributed by atoms with van der Waals surface area (Å²) in [6.45, 7) is 4.60. The van der Waals surface area contributed by atoms with Gasteiger partial charge < -0.3 is 14.6 Å². The van der Waals surface area contributed by atoms with Gasteiger partial charge in [-0.25, -0.2) is 0 Å². The zero-order chi connectivity index (χ0) is 15.4. The van der Waals surface area contributed by atoms with Crippen molar-refractivity contribution in [1.29, 1.82) is 0 Å². The highest BCUT2D eigenvalue weighted by Gasteiger charge is 2.22. The van der Waals surface area contributed by atoms with E-state index in [1.54, 1.807) is 25.1 Å². The van der Waals surface area contributed by atoms with Gasteiger partial charge in [-0.15, -0.1) is 0 Å². The Morgan fingerprint density at radius 2 is 1.86 bits per heavy atom. The second kappa shape index (κ2) is 6.74. The minimum atomic E-state index is -0.776. The minimum absolute atomic E-state index is 0.145. The molecule has 1 unspecified atom stereocenters. The van der Waals surface area contributed by atoms with E-state index in [1.165, 1.54) is 0 Å². The maximum atomic E-state index is 10.7. The topological polar surface area (TPSA) is 56.5 Å². The van der Waals surface area contributed by atoms with E-state index in [9.17, 15) is 5.11 Å². The van der Waals surface area contributed by atoms with E-state index in [0.717, 1.165) is 11.1 Å². The fourth-order valence-electron chi connectivity index (χ4n) is 2.31. The first-order valence-corrected chi connectivity index (χ1v) is 6.95. The van der Waals surface area contributed by atoms with Crippen molar-refractivity contribution in [3.63, 3.8) is 0 Å². The number of rotatable bonds is 6. The predicted molar refractivity (Wildman–Crippen MR) is 80.4 cm³/mol. The zero-order valence-electron chi connectivity index (χ0n) is 12.9. The van der Waals surface area contributed by atoms with E-state index < -0.39 is 6.10 Å². The Kier molecular flexibility index (Phi) is 4.98. The maximum absolute atomic E-state index is 10.7. The SMILES string of the molecule is COCc1ccc(C(O)c2c(OC)cnn2C(C)C)cc1. The Morgan fingerprint density at radius 1 is 1.19 bits per heavy atom. The van der Waals surface area contributed by atoms with E-state index in [-0.39, 0.29) is 6.04 Å². The van der Waals surface area contributed by atoms with Gasteiger partial charge >= 0.3 is 0 Å². The highest BCUT2D eigenvalue weighted by atomic mass is 16.5. The predicted octanol–water partition coefficient (Wildman–Crippen LogP) is 2.70. The fraction of sp³-hybridized carbons (Fsp3) is 0.438. The van der Waals surface area contributed by atoms with Crippen LogP contribution in [0.1, 0.15) is 42.8 Å². The summed E-state index contributed by atoms with van der Waals surface area (Å²) in [7, 11) is 3.24. The Balaban J connectivity index is 2.34. The molecule has 1 N–H and O–H groups in total. The van der Waals surface area contributed by atoms with Crippen LogP contribution in [0.2, 0.25) is 0 Å². The smallest absolute Gasteiger partial charge is 0.163 e. The van der Waals surface area contributed by atoms with Gasteiger partial charge in [-0.05, 0) is 25.0 Å². The van der Waals surface area contributed by atoms with Crippen LogP contribution in [-0.2, 0) is 11.3 Å². The molecule has 1 aromatic heterocycles. The van der Waals surface area contributed by atoms with Crippen molar-refractivity contribution in [3.8, 4) is 5.75 Å². The van der Waals surface area contributed by atoms with Gasteiger partial charge in [0.15, 0.2) is 5.75 Å². The van der Waals surface area contributed by atoms with Crippen molar-refractivity contribution >= 4 is 0 Å². The molecule has 0 fully saturated rings. The molecule has 0 bridgehead atoms. The molecule has 0 saturated carbocycles. The number of benzene rings is 1. The summed E-state index contributed by atoms with van der Waals surface area (Å²) in [6, 6.07) is 7.84. The van der Waals surface area contributed by atoms with Gasteiger partial charge in [-0.1, -0.05) is 24.3 Å². The lowest BCUT2D eigenvalue weighted by Crippen LogP contribution is -2.13. The average molecular weight is 290 g/mol. The summed E-state index contributed by atoms with van der Waals surface area (Å²) in [5.74, 6) is 0.595. The third-order valence-corrected chi connectivity index (χ3v) is 3.37. The van der Waals surface area contributed by atoms with E-state index in [0.29, 0.717) is 18.1 Å². The first kappa shape index (κ1) is 15.5. The molecule has 0 aliphatic heterocycles. The van der Waals surface area contributed by atoms with Crippen LogP contribution in [-0.4, -0.2) is 29.1 Å². The summed E-state index contributed by atoms with van der Waals surface area (Å²) in [4.78, 5) is 0. The largest absolute Gasteiger partial charge is 0.493 e. The number of aromatic nitrogens is 2. The molecule has 0 radical (unpaired) electrons. The summed E-state index contributed by atoms with van der Waals surface area (Å²) < 4.78 is 12.2. The molecule has 1 aromatic carbocycles. The number of hydrogen-bond donors (Lipinski definition) is 1. The van der Waals surface area contributed by atoms with Gasteiger partial charge in [0.05, 0.1) is 19.9 Å². The average Bonchev–Trinajstić information content (AvgIpc) is 2.91. The Labute approximate surface area is 125 Å². The number of aliphatic hydroxyl groups is 1. The van der Waals surface area contributed by atoms with Crippen molar-refractivity contribution in [2.75, 3.05) is 14.2 Å². The van der Waals surface area contributed by atoms with Gasteiger partial charge in [0.1, 0.15) is 11.8 Å². The van der Waals surface area contributed by atoms with Crippen LogP contribution in [0.4, 0.5) is 0 Å². The van der Waals surface area contributed by atoms with Crippen LogP contribution in [0.3, 0.4) is 0 Å². The van der Waals surface area contributed by atoms with Crippen molar-refractivity contribution in [1.82, 2.24) is 9.78 Å². The standard InChI is InChI=1S/C16H22N2O3/c1-11(2)18-15(14(21-4)9-17-18)16(19)13-7-5-12(6-8-13)10-20-3/h5-9,11,16,19H,10H2,1-4H3. The lowest BCUT2D eigenvalue weighted by Gasteiger charge is -2.17. The highest BCUT2D eigenvalue weighted by molar-refractivity contribution is 5.36. The van der Waals surface area contributed by atoms with E-state index in [1.807, 2.05) is 38.1 Å². The van der Waals surface area contributed by atoms with E-state index >= 15 is 0 Å². The first-order chi connectivity index (χ1) is 10.1. The monoisotopic (exact) mass is 290 g/mol. The van der Waals surface area contributed by atoms with Crippen LogP contribution in [0.5, 0.6) is 5.75 Å². The summed E-state index contributed by atoms with van der Waals surface area (Å²) in [6.07, 6.45) is 0.860. The zero-order valence-corrected chi connectivity index (χ0v) is 12.9. The van der Waals surface area contributed by atoms with Crippen molar-refractivity contribution in [2.45, 2.75) is 32.6 Å². The number of hydrogen-bond acceptors (Lipinski definition) is 4. The summed E-state index contributed by atoms with van der Waals surface area (Å²) >= 11 is 0. The van der Waals surface area contributed by atoms with Crippen LogP contribution >= 0.6 is 0 Å². The van der Waals surface area contributed by atoms with Crippen LogP contribution in [0.25, 0.3) is 0 Å². The Bertz CT molecular complexity index is 576. The number of ether oxygens (including phenoxy) is 2. The number of aliphatic hydroxyl groups excluding tert-OH is 1. The quantitative estimate of drug-likeness (QED) is 0.888. The summed E-state index contributed by atoms with van der Waals surface area (Å²) in [5, 5.41) is 15.0. The lowest BCUT2D eigenvalue weighted by molar-refractivity contribution is 0.184. The van der Waals surface area contributed by atoms with Crippen molar-refractivity contribution in [3.05, 3.63) is 47.3 Å². The van der Waals surface area contributed by atoms with Crippen LogP contribution < -0.4 is 4.74 Å². The van der Waals surface area contributed by atoms with E-state index in [4.69, 9.17) is 9.47 Å². The summed E-state index contributed by atoms with van der Waals surface area (Å²) in [5.41, 5.74) is 2.54.